The van der Waals surface area contributed by atoms with Crippen molar-refractivity contribution in [3.63, 3.8) is 0 Å². The predicted molar refractivity (Wildman–Crippen MR) is 97.2 cm³/mol. The molecule has 1 N–H and O–H groups in total. The van der Waals surface area contributed by atoms with Crippen molar-refractivity contribution in [2.24, 2.45) is 0 Å². The standard InChI is InChI=1S/C19H20FN5O/c1-12-10-25(11-13(2)26-12)19-23-9-16(18-21-7-8-22-18)17(24-19)14-3-5-15(20)6-4-14/h3-9,12-13H,10-11H2,1-2H3,(H,21,22)/t12-,13+. The molecule has 0 amide bonds. The highest BCUT2D eigenvalue weighted by atomic mass is 19.1. The van der Waals surface area contributed by atoms with Gasteiger partial charge in [0.2, 0.25) is 5.95 Å². The van der Waals surface area contributed by atoms with Gasteiger partial charge in [-0.2, -0.15) is 0 Å². The lowest BCUT2D eigenvalue weighted by atomic mass is 10.1. The summed E-state index contributed by atoms with van der Waals surface area (Å²) in [4.78, 5) is 18.9. The smallest absolute Gasteiger partial charge is 0.226 e. The molecule has 0 spiro atoms. The molecule has 2 aromatic heterocycles. The molecule has 6 nitrogen and oxygen atoms in total. The Bertz CT molecular complexity index is 871. The fourth-order valence-corrected chi connectivity index (χ4v) is 3.28. The van der Waals surface area contributed by atoms with Gasteiger partial charge in [-0.3, -0.25) is 0 Å². The third-order valence-corrected chi connectivity index (χ3v) is 4.35. The fourth-order valence-electron chi connectivity index (χ4n) is 3.28. The first-order chi connectivity index (χ1) is 12.6. The number of imidazole rings is 1. The Morgan fingerprint density at radius 2 is 1.85 bits per heavy atom. The van der Waals surface area contributed by atoms with Crippen LogP contribution in [0.2, 0.25) is 0 Å². The van der Waals surface area contributed by atoms with E-state index in [-0.39, 0.29) is 18.0 Å². The van der Waals surface area contributed by atoms with E-state index in [1.807, 2.05) is 13.8 Å². The zero-order valence-electron chi connectivity index (χ0n) is 14.7. The number of nitrogens with one attached hydrogen (secondary N) is 1. The second kappa shape index (κ2) is 6.84. The molecule has 0 radical (unpaired) electrons. The number of aromatic nitrogens is 4. The van der Waals surface area contributed by atoms with Gasteiger partial charge in [0.25, 0.3) is 0 Å². The van der Waals surface area contributed by atoms with Crippen LogP contribution in [-0.4, -0.2) is 45.2 Å². The monoisotopic (exact) mass is 353 g/mol. The van der Waals surface area contributed by atoms with Crippen molar-refractivity contribution in [3.05, 3.63) is 48.7 Å². The minimum Gasteiger partial charge on any atom is -0.372 e. The van der Waals surface area contributed by atoms with E-state index in [0.717, 1.165) is 29.9 Å². The van der Waals surface area contributed by atoms with Gasteiger partial charge in [0.1, 0.15) is 11.6 Å². The summed E-state index contributed by atoms with van der Waals surface area (Å²) >= 11 is 0. The topological polar surface area (TPSA) is 66.9 Å². The van der Waals surface area contributed by atoms with Gasteiger partial charge in [-0.05, 0) is 38.1 Å². The van der Waals surface area contributed by atoms with Crippen LogP contribution in [0.1, 0.15) is 13.8 Å². The highest BCUT2D eigenvalue weighted by Crippen LogP contribution is 2.30. The summed E-state index contributed by atoms with van der Waals surface area (Å²) in [5.74, 6) is 1.04. The summed E-state index contributed by atoms with van der Waals surface area (Å²) in [6.45, 7) is 5.54. The molecule has 0 bridgehead atoms. The quantitative estimate of drug-likeness (QED) is 0.783. The third kappa shape index (κ3) is 3.30. The van der Waals surface area contributed by atoms with E-state index in [4.69, 9.17) is 9.72 Å². The maximum absolute atomic E-state index is 13.4. The Labute approximate surface area is 151 Å². The molecule has 0 saturated carbocycles. The van der Waals surface area contributed by atoms with E-state index in [2.05, 4.69) is 19.9 Å². The highest BCUT2D eigenvalue weighted by Gasteiger charge is 2.25. The number of aromatic amines is 1. The second-order valence-electron chi connectivity index (χ2n) is 6.54. The second-order valence-corrected chi connectivity index (χ2v) is 6.54. The van der Waals surface area contributed by atoms with Gasteiger partial charge in [0.05, 0.1) is 23.5 Å². The number of hydrogen-bond donors (Lipinski definition) is 1. The van der Waals surface area contributed by atoms with Crippen molar-refractivity contribution in [3.8, 4) is 22.6 Å². The van der Waals surface area contributed by atoms with Gasteiger partial charge < -0.3 is 14.6 Å². The minimum atomic E-state index is -0.279. The summed E-state index contributed by atoms with van der Waals surface area (Å²) in [5.41, 5.74) is 2.31. The number of H-pyrrole nitrogens is 1. The highest BCUT2D eigenvalue weighted by molar-refractivity contribution is 5.77. The molecule has 0 aliphatic carbocycles. The number of rotatable bonds is 3. The minimum absolute atomic E-state index is 0.112. The molecule has 4 rings (SSSR count). The van der Waals surface area contributed by atoms with Crippen LogP contribution in [0.15, 0.2) is 42.9 Å². The van der Waals surface area contributed by atoms with E-state index < -0.39 is 0 Å². The molecular formula is C19H20FN5O. The van der Waals surface area contributed by atoms with Gasteiger partial charge in [-0.25, -0.2) is 19.3 Å². The van der Waals surface area contributed by atoms with Crippen LogP contribution >= 0.6 is 0 Å². The maximum atomic E-state index is 13.4. The number of ether oxygens (including phenoxy) is 1. The van der Waals surface area contributed by atoms with Crippen molar-refractivity contribution in [1.82, 2.24) is 19.9 Å². The van der Waals surface area contributed by atoms with Gasteiger partial charge >= 0.3 is 0 Å². The molecule has 2 atom stereocenters. The lowest BCUT2D eigenvalue weighted by Gasteiger charge is -2.35. The number of anilines is 1. The zero-order valence-corrected chi connectivity index (χ0v) is 14.7. The molecule has 3 aromatic rings. The lowest BCUT2D eigenvalue weighted by Crippen LogP contribution is -2.46. The maximum Gasteiger partial charge on any atom is 0.226 e. The molecular weight excluding hydrogens is 333 g/mol. The van der Waals surface area contributed by atoms with Gasteiger partial charge in [-0.15, -0.1) is 0 Å². The third-order valence-electron chi connectivity index (χ3n) is 4.35. The number of benzene rings is 1. The van der Waals surface area contributed by atoms with Gasteiger partial charge in [0.15, 0.2) is 0 Å². The summed E-state index contributed by atoms with van der Waals surface area (Å²) in [6, 6.07) is 6.31. The summed E-state index contributed by atoms with van der Waals surface area (Å²) < 4.78 is 19.2. The lowest BCUT2D eigenvalue weighted by molar-refractivity contribution is -0.00571. The van der Waals surface area contributed by atoms with Crippen LogP contribution in [-0.2, 0) is 4.74 Å². The van der Waals surface area contributed by atoms with Crippen molar-refractivity contribution in [2.45, 2.75) is 26.1 Å². The zero-order chi connectivity index (χ0) is 18.1. The molecule has 1 saturated heterocycles. The first-order valence-electron chi connectivity index (χ1n) is 8.63. The Hall–Kier alpha value is -2.80. The molecule has 3 heterocycles. The Morgan fingerprint density at radius 3 is 2.50 bits per heavy atom. The van der Waals surface area contributed by atoms with Crippen LogP contribution in [0.4, 0.5) is 10.3 Å². The molecule has 1 fully saturated rings. The normalized spacial score (nSPS) is 20.3. The van der Waals surface area contributed by atoms with E-state index in [0.29, 0.717) is 11.8 Å². The summed E-state index contributed by atoms with van der Waals surface area (Å²) in [6.07, 6.45) is 5.43. The van der Waals surface area contributed by atoms with E-state index in [1.165, 1.54) is 12.1 Å². The largest absolute Gasteiger partial charge is 0.372 e. The van der Waals surface area contributed by atoms with Crippen LogP contribution < -0.4 is 4.90 Å². The molecule has 134 valence electrons. The van der Waals surface area contributed by atoms with Crippen molar-refractivity contribution < 1.29 is 9.13 Å². The Morgan fingerprint density at radius 1 is 1.12 bits per heavy atom. The van der Waals surface area contributed by atoms with Crippen LogP contribution in [0.3, 0.4) is 0 Å². The predicted octanol–water partition coefficient (Wildman–Crippen LogP) is 3.29. The van der Waals surface area contributed by atoms with Crippen LogP contribution in [0, 0.1) is 5.82 Å². The Balaban J connectivity index is 1.79. The summed E-state index contributed by atoms with van der Waals surface area (Å²) in [5, 5.41) is 0. The Kier molecular flexibility index (Phi) is 4.38. The average Bonchev–Trinajstić information content (AvgIpc) is 3.15. The average molecular weight is 353 g/mol. The first-order valence-corrected chi connectivity index (χ1v) is 8.63. The van der Waals surface area contributed by atoms with Crippen molar-refractivity contribution in [1.29, 1.82) is 0 Å². The molecule has 1 aliphatic rings. The number of hydrogen-bond acceptors (Lipinski definition) is 5. The van der Waals surface area contributed by atoms with Crippen molar-refractivity contribution in [2.75, 3.05) is 18.0 Å². The molecule has 1 aromatic carbocycles. The summed E-state index contributed by atoms with van der Waals surface area (Å²) in [7, 11) is 0. The molecule has 1 aliphatic heterocycles. The molecule has 26 heavy (non-hydrogen) atoms. The molecule has 0 unspecified atom stereocenters. The van der Waals surface area contributed by atoms with Gasteiger partial charge in [-0.1, -0.05) is 0 Å². The SMILES string of the molecule is C[C@@H]1CN(c2ncc(-c3ncc[nH]3)c(-c3ccc(F)cc3)n2)C[C@H](C)O1. The van der Waals surface area contributed by atoms with Crippen LogP contribution in [0.25, 0.3) is 22.6 Å². The van der Waals surface area contributed by atoms with E-state index >= 15 is 0 Å². The number of nitrogens with zero attached hydrogens (tertiary/aromatic N) is 4. The van der Waals surface area contributed by atoms with E-state index in [9.17, 15) is 4.39 Å². The van der Waals surface area contributed by atoms with Gasteiger partial charge in [0, 0.05) is 37.2 Å². The van der Waals surface area contributed by atoms with E-state index in [1.54, 1.807) is 30.7 Å². The fraction of sp³-hybridized carbons (Fsp3) is 0.316. The van der Waals surface area contributed by atoms with Crippen LogP contribution in [0.5, 0.6) is 0 Å². The number of halogens is 1. The van der Waals surface area contributed by atoms with Crippen molar-refractivity contribution >= 4 is 5.95 Å². The number of morpholine rings is 1. The molecule has 7 heteroatoms. The first kappa shape index (κ1) is 16.7.